The molecule has 0 spiro atoms. The van der Waals surface area contributed by atoms with Crippen LogP contribution in [-0.4, -0.2) is 15.5 Å². The Labute approximate surface area is 125 Å². The van der Waals surface area contributed by atoms with Crippen molar-refractivity contribution in [1.29, 1.82) is 0 Å². The molecule has 2 rings (SSSR count). The normalized spacial score (nSPS) is 11.6. The molecule has 0 bridgehead atoms. The van der Waals surface area contributed by atoms with Crippen molar-refractivity contribution in [2.75, 3.05) is 11.8 Å². The molecule has 0 aliphatic rings. The maximum Gasteiger partial charge on any atom is 0.263 e. The first-order valence-corrected chi connectivity index (χ1v) is 8.37. The van der Waals surface area contributed by atoms with Gasteiger partial charge in [0.2, 0.25) is 0 Å². The van der Waals surface area contributed by atoms with Crippen molar-refractivity contribution in [3.63, 3.8) is 0 Å². The quantitative estimate of drug-likeness (QED) is 0.883. The van der Waals surface area contributed by atoms with E-state index in [0.717, 1.165) is 6.07 Å². The van der Waals surface area contributed by atoms with Crippen LogP contribution in [0.4, 0.5) is 10.1 Å². The number of rotatable bonds is 5. The van der Waals surface area contributed by atoms with E-state index in [1.165, 1.54) is 29.5 Å². The molecule has 20 heavy (non-hydrogen) atoms. The Hall–Kier alpha value is -1.15. The molecule has 1 aromatic heterocycles. The predicted molar refractivity (Wildman–Crippen MR) is 79.3 cm³/mol. The minimum atomic E-state index is -3.87. The predicted octanol–water partition coefficient (Wildman–Crippen LogP) is 3.06. The summed E-state index contributed by atoms with van der Waals surface area (Å²) >= 11 is 7.13. The van der Waals surface area contributed by atoms with E-state index in [2.05, 4.69) is 10.0 Å². The van der Waals surface area contributed by atoms with Gasteiger partial charge in [-0.15, -0.1) is 11.3 Å². The van der Waals surface area contributed by atoms with Gasteiger partial charge in [0.1, 0.15) is 16.4 Å². The van der Waals surface area contributed by atoms with Gasteiger partial charge in [-0.25, -0.2) is 12.8 Å². The summed E-state index contributed by atoms with van der Waals surface area (Å²) in [6.45, 7) is 0.416. The Morgan fingerprint density at radius 1 is 1.35 bits per heavy atom. The summed E-state index contributed by atoms with van der Waals surface area (Å²) in [5, 5.41) is 4.57. The molecular weight excluding hydrogens is 323 g/mol. The first kappa shape index (κ1) is 15.2. The van der Waals surface area contributed by atoms with Crippen LogP contribution < -0.4 is 10.0 Å². The van der Waals surface area contributed by atoms with Crippen molar-refractivity contribution in [2.24, 2.45) is 0 Å². The number of hydrogen-bond donors (Lipinski definition) is 2. The van der Waals surface area contributed by atoms with Gasteiger partial charge in [-0.05, 0) is 30.6 Å². The number of anilines is 1. The molecule has 0 atom stereocenters. The van der Waals surface area contributed by atoms with E-state index in [9.17, 15) is 12.8 Å². The SMILES string of the molecule is CNCc1sccc1S(=O)(=O)Nc1c(F)cccc1Cl. The molecule has 1 aromatic carbocycles. The lowest BCUT2D eigenvalue weighted by Gasteiger charge is -2.11. The van der Waals surface area contributed by atoms with Gasteiger partial charge < -0.3 is 5.32 Å². The molecule has 4 nitrogen and oxygen atoms in total. The third-order valence-electron chi connectivity index (χ3n) is 2.53. The second kappa shape index (κ2) is 6.09. The van der Waals surface area contributed by atoms with Crippen molar-refractivity contribution in [3.05, 3.63) is 45.4 Å². The van der Waals surface area contributed by atoms with Crippen LogP contribution in [0.15, 0.2) is 34.5 Å². The Balaban J connectivity index is 2.39. The van der Waals surface area contributed by atoms with Gasteiger partial charge in [0, 0.05) is 11.4 Å². The number of benzene rings is 1. The molecule has 2 N–H and O–H groups in total. The third-order valence-corrected chi connectivity index (χ3v) is 5.33. The maximum absolute atomic E-state index is 13.6. The number of hydrogen-bond acceptors (Lipinski definition) is 4. The van der Waals surface area contributed by atoms with Crippen LogP contribution in [0.2, 0.25) is 5.02 Å². The molecule has 0 radical (unpaired) electrons. The standard InChI is InChI=1S/C12H12ClFN2O2S2/c1-15-7-10-11(5-6-19-10)20(17,18)16-12-8(13)3-2-4-9(12)14/h2-6,15-16H,7H2,1H3. The first-order valence-electron chi connectivity index (χ1n) is 5.63. The van der Waals surface area contributed by atoms with Crippen LogP contribution in [0.5, 0.6) is 0 Å². The van der Waals surface area contributed by atoms with Crippen LogP contribution >= 0.6 is 22.9 Å². The molecule has 0 aliphatic carbocycles. The number of halogens is 2. The summed E-state index contributed by atoms with van der Waals surface area (Å²) in [4.78, 5) is 0.767. The minimum absolute atomic E-state index is 0.0129. The van der Waals surface area contributed by atoms with Gasteiger partial charge >= 0.3 is 0 Å². The van der Waals surface area contributed by atoms with Crippen molar-refractivity contribution in [3.8, 4) is 0 Å². The fourth-order valence-corrected chi connectivity index (χ4v) is 4.45. The molecule has 0 saturated heterocycles. The van der Waals surface area contributed by atoms with Crippen LogP contribution in [0.25, 0.3) is 0 Å². The monoisotopic (exact) mass is 334 g/mol. The smallest absolute Gasteiger partial charge is 0.263 e. The van der Waals surface area contributed by atoms with Gasteiger partial charge in [0.25, 0.3) is 10.0 Å². The van der Waals surface area contributed by atoms with E-state index in [-0.39, 0.29) is 15.6 Å². The van der Waals surface area contributed by atoms with Crippen LogP contribution in [0.3, 0.4) is 0 Å². The fourth-order valence-electron chi connectivity index (χ4n) is 1.64. The van der Waals surface area contributed by atoms with Crippen LogP contribution in [-0.2, 0) is 16.6 Å². The minimum Gasteiger partial charge on any atom is -0.315 e. The molecule has 0 fully saturated rings. The highest BCUT2D eigenvalue weighted by Gasteiger charge is 2.22. The molecule has 0 aliphatic heterocycles. The summed E-state index contributed by atoms with van der Waals surface area (Å²) in [6, 6.07) is 5.46. The van der Waals surface area contributed by atoms with E-state index in [4.69, 9.17) is 11.6 Å². The summed E-state index contributed by atoms with van der Waals surface area (Å²) in [7, 11) is -2.15. The van der Waals surface area contributed by atoms with Crippen molar-refractivity contribution in [2.45, 2.75) is 11.4 Å². The maximum atomic E-state index is 13.6. The zero-order valence-electron chi connectivity index (χ0n) is 10.5. The molecule has 0 unspecified atom stereocenters. The zero-order chi connectivity index (χ0) is 14.8. The number of para-hydroxylation sites is 1. The Morgan fingerprint density at radius 3 is 2.75 bits per heavy atom. The second-order valence-electron chi connectivity index (χ2n) is 3.94. The van der Waals surface area contributed by atoms with Crippen LogP contribution in [0, 0.1) is 5.82 Å². The van der Waals surface area contributed by atoms with Gasteiger partial charge in [0.15, 0.2) is 0 Å². The van der Waals surface area contributed by atoms with E-state index < -0.39 is 15.8 Å². The molecule has 0 amide bonds. The molecule has 108 valence electrons. The lowest BCUT2D eigenvalue weighted by atomic mass is 10.3. The van der Waals surface area contributed by atoms with E-state index >= 15 is 0 Å². The Kier molecular flexibility index (Phi) is 4.64. The summed E-state index contributed by atoms with van der Waals surface area (Å²) in [6.07, 6.45) is 0. The van der Waals surface area contributed by atoms with Gasteiger partial charge in [0.05, 0.1) is 5.02 Å². The number of sulfonamides is 1. The largest absolute Gasteiger partial charge is 0.315 e. The lowest BCUT2D eigenvalue weighted by Crippen LogP contribution is -2.16. The average molecular weight is 335 g/mol. The van der Waals surface area contributed by atoms with Crippen LogP contribution in [0.1, 0.15) is 4.88 Å². The van der Waals surface area contributed by atoms with E-state index in [1.54, 1.807) is 12.4 Å². The highest BCUT2D eigenvalue weighted by molar-refractivity contribution is 7.93. The first-order chi connectivity index (χ1) is 9.45. The molecule has 1 heterocycles. The number of thiophene rings is 1. The number of nitrogens with one attached hydrogen (secondary N) is 2. The molecular formula is C12H12ClFN2O2S2. The second-order valence-corrected chi connectivity index (χ2v) is 7.00. The Morgan fingerprint density at radius 2 is 2.10 bits per heavy atom. The van der Waals surface area contributed by atoms with Gasteiger partial charge in [-0.3, -0.25) is 4.72 Å². The third kappa shape index (κ3) is 3.12. The highest BCUT2D eigenvalue weighted by atomic mass is 35.5. The highest BCUT2D eigenvalue weighted by Crippen LogP contribution is 2.29. The molecule has 0 saturated carbocycles. The van der Waals surface area contributed by atoms with E-state index in [1.807, 2.05) is 0 Å². The van der Waals surface area contributed by atoms with Crippen molar-refractivity contribution < 1.29 is 12.8 Å². The lowest BCUT2D eigenvalue weighted by molar-refractivity contribution is 0.597. The molecule has 8 heteroatoms. The van der Waals surface area contributed by atoms with Crippen molar-refractivity contribution in [1.82, 2.24) is 5.32 Å². The summed E-state index contributed by atoms with van der Waals surface area (Å²) < 4.78 is 40.5. The Bertz CT molecular complexity index is 696. The fraction of sp³-hybridized carbons (Fsp3) is 0.167. The van der Waals surface area contributed by atoms with Gasteiger partial charge in [-0.2, -0.15) is 0 Å². The van der Waals surface area contributed by atoms with E-state index in [0.29, 0.717) is 11.4 Å². The summed E-state index contributed by atoms with van der Waals surface area (Å²) in [5.74, 6) is -0.716. The van der Waals surface area contributed by atoms with Gasteiger partial charge in [-0.1, -0.05) is 17.7 Å². The average Bonchev–Trinajstić information content (AvgIpc) is 2.84. The van der Waals surface area contributed by atoms with Crippen molar-refractivity contribution >= 4 is 38.6 Å². The zero-order valence-corrected chi connectivity index (χ0v) is 12.9. The summed E-state index contributed by atoms with van der Waals surface area (Å²) in [5.41, 5.74) is -0.240. The molecule has 2 aromatic rings. The topological polar surface area (TPSA) is 58.2 Å².